The summed E-state index contributed by atoms with van der Waals surface area (Å²) in [7, 11) is 0. The van der Waals surface area contributed by atoms with Gasteiger partial charge < -0.3 is 15.4 Å². The molecule has 0 aromatic heterocycles. The van der Waals surface area contributed by atoms with E-state index < -0.39 is 0 Å². The second-order valence-electron chi connectivity index (χ2n) is 7.02. The second-order valence-corrected chi connectivity index (χ2v) is 7.46. The van der Waals surface area contributed by atoms with Crippen LogP contribution >= 0.6 is 11.6 Å². The van der Waals surface area contributed by atoms with E-state index in [1.165, 1.54) is 24.0 Å². The summed E-state index contributed by atoms with van der Waals surface area (Å²) in [4.78, 5) is 12.3. The zero-order valence-electron chi connectivity index (χ0n) is 13.2. The molecular weight excluding hydrogens is 312 g/mol. The lowest BCUT2D eigenvalue weighted by Crippen LogP contribution is -2.47. The Morgan fingerprint density at radius 1 is 1.17 bits per heavy atom. The average Bonchev–Trinajstić information content (AvgIpc) is 3.31. The van der Waals surface area contributed by atoms with Gasteiger partial charge in [0.15, 0.2) is 0 Å². The van der Waals surface area contributed by atoms with Gasteiger partial charge in [0.25, 0.3) is 0 Å². The van der Waals surface area contributed by atoms with Gasteiger partial charge in [-0.05, 0) is 67.7 Å². The number of carbonyl (C=O) groups excluding carboxylic acids is 1. The smallest absolute Gasteiger partial charge is 0.315 e. The predicted octanol–water partition coefficient (Wildman–Crippen LogP) is 3.58. The Labute approximate surface area is 141 Å². The molecule has 2 amide bonds. The third-order valence-corrected chi connectivity index (χ3v) is 5.52. The highest BCUT2D eigenvalue weighted by Gasteiger charge is 2.36. The molecule has 2 N–H and O–H groups in total. The van der Waals surface area contributed by atoms with E-state index in [9.17, 15) is 4.79 Å². The van der Waals surface area contributed by atoms with Crippen molar-refractivity contribution in [1.29, 1.82) is 0 Å². The minimum atomic E-state index is -0.0563. The van der Waals surface area contributed by atoms with Crippen molar-refractivity contribution in [3.63, 3.8) is 0 Å². The molecule has 5 heteroatoms. The van der Waals surface area contributed by atoms with E-state index >= 15 is 0 Å². The van der Waals surface area contributed by atoms with Crippen LogP contribution in [0.1, 0.15) is 49.3 Å². The third-order valence-electron chi connectivity index (χ3n) is 5.29. The van der Waals surface area contributed by atoms with Gasteiger partial charge in [0.2, 0.25) is 0 Å². The van der Waals surface area contributed by atoms with Crippen LogP contribution < -0.4 is 10.6 Å². The molecule has 1 saturated heterocycles. The fourth-order valence-corrected chi connectivity index (χ4v) is 4.07. The molecule has 4 rings (SSSR count). The van der Waals surface area contributed by atoms with Gasteiger partial charge in [0.05, 0.1) is 12.1 Å². The van der Waals surface area contributed by atoms with E-state index in [-0.39, 0.29) is 18.1 Å². The minimum Gasteiger partial charge on any atom is -0.378 e. The van der Waals surface area contributed by atoms with E-state index in [4.69, 9.17) is 16.3 Å². The van der Waals surface area contributed by atoms with E-state index in [2.05, 4.69) is 10.6 Å². The molecule has 1 aromatic carbocycles. The van der Waals surface area contributed by atoms with E-state index in [0.29, 0.717) is 6.10 Å². The van der Waals surface area contributed by atoms with Crippen molar-refractivity contribution in [2.45, 2.75) is 56.7 Å². The monoisotopic (exact) mass is 334 g/mol. The number of rotatable bonds is 3. The molecule has 0 bridgehead atoms. The second kappa shape index (κ2) is 6.33. The van der Waals surface area contributed by atoms with E-state index in [1.807, 2.05) is 18.2 Å². The van der Waals surface area contributed by atoms with E-state index in [1.54, 1.807) is 0 Å². The van der Waals surface area contributed by atoms with Gasteiger partial charge in [-0.3, -0.25) is 0 Å². The molecule has 1 aromatic rings. The number of fused-ring (bicyclic) bond motifs is 1. The summed E-state index contributed by atoms with van der Waals surface area (Å²) in [6.07, 6.45) is 6.70. The Morgan fingerprint density at radius 3 is 2.87 bits per heavy atom. The summed E-state index contributed by atoms with van der Waals surface area (Å²) in [5.74, 6) is 0.731. The summed E-state index contributed by atoms with van der Waals surface area (Å²) >= 11 is 6.04. The normalized spacial score (nSPS) is 29.9. The fraction of sp³-hybridized carbons (Fsp3) is 0.611. The van der Waals surface area contributed by atoms with E-state index in [0.717, 1.165) is 43.2 Å². The first kappa shape index (κ1) is 15.3. The highest BCUT2D eigenvalue weighted by Crippen LogP contribution is 2.38. The number of nitrogens with one attached hydrogen (secondary N) is 2. The topological polar surface area (TPSA) is 50.4 Å². The van der Waals surface area contributed by atoms with Crippen LogP contribution in [0.15, 0.2) is 18.2 Å². The fourth-order valence-electron chi connectivity index (χ4n) is 3.88. The zero-order chi connectivity index (χ0) is 15.8. The first-order valence-electron chi connectivity index (χ1n) is 8.66. The number of hydrogen-bond acceptors (Lipinski definition) is 2. The van der Waals surface area contributed by atoms with Crippen molar-refractivity contribution in [2.75, 3.05) is 6.61 Å². The maximum Gasteiger partial charge on any atom is 0.315 e. The number of aryl methyl sites for hydroxylation is 1. The van der Waals surface area contributed by atoms with Crippen molar-refractivity contribution in [3.8, 4) is 0 Å². The molecule has 1 aliphatic heterocycles. The quantitative estimate of drug-likeness (QED) is 0.887. The zero-order valence-corrected chi connectivity index (χ0v) is 13.9. The Balaban J connectivity index is 1.32. The standard InChI is InChI=1S/C18H23ClN2O2/c19-13-4-5-15-12(9-13)3-6-16(15)21-18(22)20-14-7-8-23-17(10-14)11-1-2-11/h4-5,9,11,14,16-17H,1-3,6-8,10H2,(H2,20,21,22)/t14-,16-,17-/m1/s1. The molecule has 3 atom stereocenters. The molecule has 124 valence electrons. The van der Waals surface area contributed by atoms with Crippen molar-refractivity contribution >= 4 is 17.6 Å². The summed E-state index contributed by atoms with van der Waals surface area (Å²) in [5, 5.41) is 7.04. The lowest BCUT2D eigenvalue weighted by molar-refractivity contribution is -0.00918. The van der Waals surface area contributed by atoms with Crippen LogP contribution in [0.2, 0.25) is 5.02 Å². The molecule has 0 radical (unpaired) electrons. The minimum absolute atomic E-state index is 0.0563. The Kier molecular flexibility index (Phi) is 4.20. The number of urea groups is 1. The summed E-state index contributed by atoms with van der Waals surface area (Å²) < 4.78 is 5.82. The van der Waals surface area contributed by atoms with Crippen molar-refractivity contribution in [2.24, 2.45) is 5.92 Å². The molecular formula is C18H23ClN2O2. The third kappa shape index (κ3) is 3.48. The number of hydrogen-bond donors (Lipinski definition) is 2. The summed E-state index contributed by atoms with van der Waals surface area (Å²) in [5.41, 5.74) is 2.45. The van der Waals surface area contributed by atoms with Gasteiger partial charge in [-0.15, -0.1) is 0 Å². The van der Waals surface area contributed by atoms with Crippen LogP contribution in [0, 0.1) is 5.92 Å². The number of halogens is 1. The summed E-state index contributed by atoms with van der Waals surface area (Å²) in [6.45, 7) is 0.761. The average molecular weight is 335 g/mol. The number of carbonyl (C=O) groups is 1. The highest BCUT2D eigenvalue weighted by atomic mass is 35.5. The van der Waals surface area contributed by atoms with Gasteiger partial charge in [-0.2, -0.15) is 0 Å². The lowest BCUT2D eigenvalue weighted by Gasteiger charge is -2.30. The van der Waals surface area contributed by atoms with Crippen LogP contribution in [0.4, 0.5) is 4.79 Å². The largest absolute Gasteiger partial charge is 0.378 e. The van der Waals surface area contributed by atoms with Gasteiger partial charge in [0, 0.05) is 17.7 Å². The highest BCUT2D eigenvalue weighted by molar-refractivity contribution is 6.30. The van der Waals surface area contributed by atoms with Crippen molar-refractivity contribution in [1.82, 2.24) is 10.6 Å². The van der Waals surface area contributed by atoms with Crippen LogP contribution in [0.25, 0.3) is 0 Å². The van der Waals surface area contributed by atoms with Gasteiger partial charge in [-0.25, -0.2) is 4.79 Å². The van der Waals surface area contributed by atoms with Crippen molar-refractivity contribution < 1.29 is 9.53 Å². The van der Waals surface area contributed by atoms with Crippen LogP contribution in [0.3, 0.4) is 0 Å². The molecule has 23 heavy (non-hydrogen) atoms. The molecule has 1 heterocycles. The molecule has 0 unspecified atom stereocenters. The van der Waals surface area contributed by atoms with Gasteiger partial charge in [-0.1, -0.05) is 17.7 Å². The Morgan fingerprint density at radius 2 is 2.04 bits per heavy atom. The van der Waals surface area contributed by atoms with Crippen LogP contribution in [-0.2, 0) is 11.2 Å². The molecule has 4 nitrogen and oxygen atoms in total. The van der Waals surface area contributed by atoms with Crippen LogP contribution in [-0.4, -0.2) is 24.8 Å². The molecule has 2 aliphatic carbocycles. The number of ether oxygens (including phenoxy) is 1. The lowest BCUT2D eigenvalue weighted by atomic mass is 10.0. The molecule has 3 aliphatic rings. The molecule has 1 saturated carbocycles. The molecule has 2 fully saturated rings. The van der Waals surface area contributed by atoms with Crippen LogP contribution in [0.5, 0.6) is 0 Å². The SMILES string of the molecule is O=C(N[C@@H]1CCO[C@@H](C2CC2)C1)N[C@@H]1CCc2cc(Cl)ccc21. The Hall–Kier alpha value is -1.26. The number of benzene rings is 1. The van der Waals surface area contributed by atoms with Gasteiger partial charge in [0.1, 0.15) is 0 Å². The molecule has 0 spiro atoms. The Bertz CT molecular complexity index is 603. The first-order valence-corrected chi connectivity index (χ1v) is 9.04. The maximum atomic E-state index is 12.3. The predicted molar refractivity (Wildman–Crippen MR) is 89.7 cm³/mol. The summed E-state index contributed by atoms with van der Waals surface area (Å²) in [6, 6.07) is 6.22. The van der Waals surface area contributed by atoms with Gasteiger partial charge >= 0.3 is 6.03 Å². The first-order chi connectivity index (χ1) is 11.2. The van der Waals surface area contributed by atoms with Crippen molar-refractivity contribution in [3.05, 3.63) is 34.3 Å². The number of amides is 2. The maximum absolute atomic E-state index is 12.3.